The standard InChI is InChI=1S/C19H36O3/c1-2-3-4-5-6-7-8-9-10-11-12-13-14-15-19-21-17-18(16-20)22-19/h7-8,18-20H,2-6,9-17H2,1H3/b8-7+/t18-,19-/m1/s1. The normalized spacial score (nSPS) is 21.9. The van der Waals surface area contributed by atoms with Crippen molar-refractivity contribution in [2.24, 2.45) is 0 Å². The third-order valence-electron chi connectivity index (χ3n) is 4.22. The molecule has 22 heavy (non-hydrogen) atoms. The Balaban J connectivity index is 1.77. The molecular formula is C19H36O3. The molecule has 0 aromatic rings. The van der Waals surface area contributed by atoms with E-state index in [0.29, 0.717) is 6.61 Å². The zero-order valence-corrected chi connectivity index (χ0v) is 14.5. The lowest BCUT2D eigenvalue weighted by Gasteiger charge is -2.09. The number of hydrogen-bond acceptors (Lipinski definition) is 3. The Hall–Kier alpha value is -0.380. The molecule has 130 valence electrons. The summed E-state index contributed by atoms with van der Waals surface area (Å²) in [5.41, 5.74) is 0. The summed E-state index contributed by atoms with van der Waals surface area (Å²) < 4.78 is 11.0. The zero-order chi connectivity index (χ0) is 15.9. The molecule has 0 aromatic heterocycles. The monoisotopic (exact) mass is 312 g/mol. The average molecular weight is 312 g/mol. The van der Waals surface area contributed by atoms with Gasteiger partial charge in [0.05, 0.1) is 13.2 Å². The first-order chi connectivity index (χ1) is 10.9. The highest BCUT2D eigenvalue weighted by atomic mass is 16.7. The molecule has 1 N–H and O–H groups in total. The Morgan fingerprint density at radius 2 is 1.55 bits per heavy atom. The summed E-state index contributed by atoms with van der Waals surface area (Å²) in [6.07, 6.45) is 19.8. The van der Waals surface area contributed by atoms with Crippen molar-refractivity contribution in [3.8, 4) is 0 Å². The fraction of sp³-hybridized carbons (Fsp3) is 0.895. The molecule has 1 fully saturated rings. The SMILES string of the molecule is CCCCCC/C=C/CCCCCCC[C@@H]1OC[C@@H](CO)O1. The highest BCUT2D eigenvalue weighted by Crippen LogP contribution is 2.18. The van der Waals surface area contributed by atoms with Gasteiger partial charge < -0.3 is 14.6 Å². The Morgan fingerprint density at radius 3 is 2.18 bits per heavy atom. The van der Waals surface area contributed by atoms with Crippen LogP contribution in [0.1, 0.15) is 84.0 Å². The third-order valence-corrected chi connectivity index (χ3v) is 4.22. The lowest BCUT2D eigenvalue weighted by molar-refractivity contribution is -0.0701. The number of unbranched alkanes of at least 4 members (excludes halogenated alkanes) is 9. The quantitative estimate of drug-likeness (QED) is 0.363. The van der Waals surface area contributed by atoms with Crippen LogP contribution in [0.3, 0.4) is 0 Å². The van der Waals surface area contributed by atoms with E-state index < -0.39 is 0 Å². The summed E-state index contributed by atoms with van der Waals surface area (Å²) in [5, 5.41) is 8.96. The van der Waals surface area contributed by atoms with Gasteiger partial charge in [0, 0.05) is 0 Å². The van der Waals surface area contributed by atoms with Gasteiger partial charge in [-0.15, -0.1) is 0 Å². The van der Waals surface area contributed by atoms with E-state index in [0.717, 1.165) is 12.8 Å². The van der Waals surface area contributed by atoms with Crippen LogP contribution in [0.25, 0.3) is 0 Å². The van der Waals surface area contributed by atoms with Crippen molar-refractivity contribution in [3.05, 3.63) is 12.2 Å². The Bertz CT molecular complexity index is 265. The summed E-state index contributed by atoms with van der Waals surface area (Å²) in [6.45, 7) is 2.88. The van der Waals surface area contributed by atoms with E-state index in [9.17, 15) is 0 Å². The van der Waals surface area contributed by atoms with Crippen LogP contribution in [0.5, 0.6) is 0 Å². The molecule has 3 heteroatoms. The van der Waals surface area contributed by atoms with Gasteiger partial charge in [-0.2, -0.15) is 0 Å². The van der Waals surface area contributed by atoms with Crippen LogP contribution in [0, 0.1) is 0 Å². The summed E-state index contributed by atoms with van der Waals surface area (Å²) in [7, 11) is 0. The van der Waals surface area contributed by atoms with E-state index in [1.807, 2.05) is 0 Å². The maximum atomic E-state index is 8.96. The van der Waals surface area contributed by atoms with Crippen LogP contribution in [-0.4, -0.2) is 30.7 Å². The summed E-state index contributed by atoms with van der Waals surface area (Å²) in [5.74, 6) is 0. The third kappa shape index (κ3) is 10.4. The van der Waals surface area contributed by atoms with Gasteiger partial charge >= 0.3 is 0 Å². The van der Waals surface area contributed by atoms with Gasteiger partial charge in [-0.3, -0.25) is 0 Å². The molecule has 2 atom stereocenters. The molecule has 1 aliphatic rings. The molecule has 0 bridgehead atoms. The van der Waals surface area contributed by atoms with Crippen LogP contribution in [0.15, 0.2) is 12.2 Å². The largest absolute Gasteiger partial charge is 0.394 e. The molecular weight excluding hydrogens is 276 g/mol. The van der Waals surface area contributed by atoms with Crippen molar-refractivity contribution < 1.29 is 14.6 Å². The van der Waals surface area contributed by atoms with Crippen LogP contribution >= 0.6 is 0 Å². The first-order valence-corrected chi connectivity index (χ1v) is 9.39. The maximum absolute atomic E-state index is 8.96. The maximum Gasteiger partial charge on any atom is 0.158 e. The minimum absolute atomic E-state index is 0.0720. The van der Waals surface area contributed by atoms with E-state index in [2.05, 4.69) is 19.1 Å². The lowest BCUT2D eigenvalue weighted by atomic mass is 10.1. The van der Waals surface area contributed by atoms with Crippen molar-refractivity contribution in [3.63, 3.8) is 0 Å². The second-order valence-electron chi connectivity index (χ2n) is 6.37. The molecule has 1 saturated heterocycles. The van der Waals surface area contributed by atoms with Crippen LogP contribution < -0.4 is 0 Å². The second-order valence-corrected chi connectivity index (χ2v) is 6.37. The highest BCUT2D eigenvalue weighted by molar-refractivity contribution is 4.81. The molecule has 0 aliphatic carbocycles. The van der Waals surface area contributed by atoms with Crippen molar-refractivity contribution in [1.29, 1.82) is 0 Å². The molecule has 1 aliphatic heterocycles. The van der Waals surface area contributed by atoms with E-state index in [1.165, 1.54) is 64.2 Å². The summed E-state index contributed by atoms with van der Waals surface area (Å²) >= 11 is 0. The molecule has 0 amide bonds. The van der Waals surface area contributed by atoms with Gasteiger partial charge in [-0.05, 0) is 38.5 Å². The topological polar surface area (TPSA) is 38.7 Å². The predicted octanol–water partition coefficient (Wildman–Crippen LogP) is 4.98. The first kappa shape index (κ1) is 19.7. The summed E-state index contributed by atoms with van der Waals surface area (Å²) in [6, 6.07) is 0. The van der Waals surface area contributed by atoms with Gasteiger partial charge in [-0.1, -0.05) is 57.6 Å². The van der Waals surface area contributed by atoms with E-state index in [1.54, 1.807) is 0 Å². The minimum atomic E-state index is -0.0984. The van der Waals surface area contributed by atoms with E-state index in [4.69, 9.17) is 14.6 Å². The predicted molar refractivity (Wildman–Crippen MR) is 91.9 cm³/mol. The Labute approximate surface area is 137 Å². The van der Waals surface area contributed by atoms with Crippen molar-refractivity contribution in [1.82, 2.24) is 0 Å². The Kier molecular flexibility index (Phi) is 12.7. The number of aliphatic hydroxyl groups is 1. The highest BCUT2D eigenvalue weighted by Gasteiger charge is 2.24. The molecule has 0 spiro atoms. The lowest BCUT2D eigenvalue weighted by Crippen LogP contribution is -2.16. The van der Waals surface area contributed by atoms with Gasteiger partial charge in [-0.25, -0.2) is 0 Å². The van der Waals surface area contributed by atoms with E-state index in [-0.39, 0.29) is 19.0 Å². The van der Waals surface area contributed by atoms with E-state index >= 15 is 0 Å². The van der Waals surface area contributed by atoms with Gasteiger partial charge in [0.1, 0.15) is 6.10 Å². The average Bonchev–Trinajstić information content (AvgIpc) is 3.00. The molecule has 0 radical (unpaired) electrons. The van der Waals surface area contributed by atoms with Crippen molar-refractivity contribution in [2.75, 3.05) is 13.2 Å². The summed E-state index contributed by atoms with van der Waals surface area (Å²) in [4.78, 5) is 0. The molecule has 0 unspecified atom stereocenters. The molecule has 0 saturated carbocycles. The van der Waals surface area contributed by atoms with Crippen LogP contribution in [-0.2, 0) is 9.47 Å². The van der Waals surface area contributed by atoms with Gasteiger partial charge in [0.15, 0.2) is 6.29 Å². The molecule has 3 nitrogen and oxygen atoms in total. The number of aliphatic hydroxyl groups excluding tert-OH is 1. The number of ether oxygens (including phenoxy) is 2. The fourth-order valence-electron chi connectivity index (χ4n) is 2.78. The minimum Gasteiger partial charge on any atom is -0.394 e. The van der Waals surface area contributed by atoms with Gasteiger partial charge in [0.2, 0.25) is 0 Å². The second kappa shape index (κ2) is 14.2. The molecule has 1 heterocycles. The van der Waals surface area contributed by atoms with Crippen LogP contribution in [0.4, 0.5) is 0 Å². The zero-order valence-electron chi connectivity index (χ0n) is 14.5. The van der Waals surface area contributed by atoms with Crippen molar-refractivity contribution >= 4 is 0 Å². The Morgan fingerprint density at radius 1 is 0.909 bits per heavy atom. The molecule has 1 rings (SSSR count). The number of hydrogen-bond donors (Lipinski definition) is 1. The smallest absolute Gasteiger partial charge is 0.158 e. The number of allylic oxidation sites excluding steroid dienone is 2. The van der Waals surface area contributed by atoms with Crippen LogP contribution in [0.2, 0.25) is 0 Å². The first-order valence-electron chi connectivity index (χ1n) is 9.39. The number of rotatable bonds is 14. The molecule has 0 aromatic carbocycles. The fourth-order valence-corrected chi connectivity index (χ4v) is 2.78. The van der Waals surface area contributed by atoms with Crippen molar-refractivity contribution in [2.45, 2.75) is 96.4 Å². The van der Waals surface area contributed by atoms with Gasteiger partial charge in [0.25, 0.3) is 0 Å².